The molecule has 0 saturated carbocycles. The summed E-state index contributed by atoms with van der Waals surface area (Å²) in [5, 5.41) is 1.16. The van der Waals surface area contributed by atoms with Crippen LogP contribution >= 0.6 is 11.3 Å². The molecular weight excluding hydrogens is 258 g/mol. The van der Waals surface area contributed by atoms with Gasteiger partial charge in [0.15, 0.2) is 0 Å². The summed E-state index contributed by atoms with van der Waals surface area (Å²) < 4.78 is 0. The standard InChI is InChI=1S/C14H17N3OS/c1-2-11-7-12-13(15-9-16-14(12)19-11)17-5-3-10(8-18)4-6-17/h7-10H,2-6H2,1H3. The van der Waals surface area contributed by atoms with E-state index in [4.69, 9.17) is 0 Å². The summed E-state index contributed by atoms with van der Waals surface area (Å²) in [6, 6.07) is 2.21. The van der Waals surface area contributed by atoms with E-state index >= 15 is 0 Å². The molecule has 1 aliphatic rings. The van der Waals surface area contributed by atoms with Gasteiger partial charge in [0.2, 0.25) is 0 Å². The van der Waals surface area contributed by atoms with Gasteiger partial charge in [0, 0.05) is 23.9 Å². The molecule has 19 heavy (non-hydrogen) atoms. The van der Waals surface area contributed by atoms with Gasteiger partial charge in [0.05, 0.1) is 5.39 Å². The molecule has 0 aromatic carbocycles. The fourth-order valence-electron chi connectivity index (χ4n) is 2.57. The van der Waals surface area contributed by atoms with Gasteiger partial charge < -0.3 is 9.69 Å². The molecule has 0 spiro atoms. The third-order valence-corrected chi connectivity index (χ3v) is 4.93. The molecule has 0 radical (unpaired) electrons. The van der Waals surface area contributed by atoms with Gasteiger partial charge in [-0.1, -0.05) is 6.92 Å². The van der Waals surface area contributed by atoms with Crippen molar-refractivity contribution in [2.75, 3.05) is 18.0 Å². The van der Waals surface area contributed by atoms with E-state index < -0.39 is 0 Å². The Morgan fingerprint density at radius 2 is 2.21 bits per heavy atom. The number of hydrogen-bond acceptors (Lipinski definition) is 5. The number of carbonyl (C=O) groups excluding carboxylic acids is 1. The minimum atomic E-state index is 0.224. The van der Waals surface area contributed by atoms with Gasteiger partial charge in [-0.05, 0) is 25.3 Å². The fraction of sp³-hybridized carbons (Fsp3) is 0.500. The van der Waals surface area contributed by atoms with Crippen LogP contribution in [-0.2, 0) is 11.2 Å². The van der Waals surface area contributed by atoms with E-state index in [9.17, 15) is 4.79 Å². The molecule has 100 valence electrons. The van der Waals surface area contributed by atoms with Gasteiger partial charge >= 0.3 is 0 Å². The van der Waals surface area contributed by atoms with Gasteiger partial charge in [-0.25, -0.2) is 9.97 Å². The SMILES string of the molecule is CCc1cc2c(N3CCC(C=O)CC3)ncnc2s1. The Labute approximate surface area is 116 Å². The smallest absolute Gasteiger partial charge is 0.140 e. The van der Waals surface area contributed by atoms with E-state index in [0.717, 1.165) is 54.7 Å². The second-order valence-corrected chi connectivity index (χ2v) is 6.06. The van der Waals surface area contributed by atoms with Crippen molar-refractivity contribution >= 4 is 33.7 Å². The summed E-state index contributed by atoms with van der Waals surface area (Å²) >= 11 is 1.75. The topological polar surface area (TPSA) is 46.1 Å². The van der Waals surface area contributed by atoms with Crippen LogP contribution in [0.5, 0.6) is 0 Å². The Kier molecular flexibility index (Phi) is 3.46. The van der Waals surface area contributed by atoms with Crippen LogP contribution in [0.4, 0.5) is 5.82 Å². The summed E-state index contributed by atoms with van der Waals surface area (Å²) in [6.45, 7) is 3.98. The van der Waals surface area contributed by atoms with Gasteiger partial charge in [0.25, 0.3) is 0 Å². The van der Waals surface area contributed by atoms with Crippen LogP contribution in [0.25, 0.3) is 10.2 Å². The number of aldehydes is 1. The number of carbonyl (C=O) groups is 1. The maximum Gasteiger partial charge on any atom is 0.140 e. The number of anilines is 1. The highest BCUT2D eigenvalue weighted by Crippen LogP contribution is 2.32. The lowest BCUT2D eigenvalue weighted by molar-refractivity contribution is -0.111. The van der Waals surface area contributed by atoms with Gasteiger partial charge in [-0.3, -0.25) is 0 Å². The number of nitrogens with zero attached hydrogens (tertiary/aromatic N) is 3. The van der Waals surface area contributed by atoms with E-state index in [0.29, 0.717) is 0 Å². The summed E-state index contributed by atoms with van der Waals surface area (Å²) in [5.74, 6) is 1.26. The minimum Gasteiger partial charge on any atom is -0.356 e. The Morgan fingerprint density at radius 1 is 1.42 bits per heavy atom. The lowest BCUT2D eigenvalue weighted by atomic mass is 9.98. The predicted octanol–water partition coefficient (Wildman–Crippen LogP) is 2.67. The van der Waals surface area contributed by atoms with E-state index in [2.05, 4.69) is 27.9 Å². The molecule has 1 fully saturated rings. The molecule has 1 saturated heterocycles. The number of rotatable bonds is 3. The van der Waals surface area contributed by atoms with E-state index in [1.807, 2.05) is 0 Å². The normalized spacial score (nSPS) is 17.0. The van der Waals surface area contributed by atoms with Crippen LogP contribution in [0.2, 0.25) is 0 Å². The maximum absolute atomic E-state index is 10.8. The van der Waals surface area contributed by atoms with Gasteiger partial charge in [0.1, 0.15) is 23.3 Å². The third-order valence-electron chi connectivity index (χ3n) is 3.74. The van der Waals surface area contributed by atoms with Crippen molar-refractivity contribution in [3.63, 3.8) is 0 Å². The van der Waals surface area contributed by atoms with Crippen molar-refractivity contribution in [1.29, 1.82) is 0 Å². The zero-order valence-electron chi connectivity index (χ0n) is 11.0. The second-order valence-electron chi connectivity index (χ2n) is 4.94. The van der Waals surface area contributed by atoms with Crippen LogP contribution in [0, 0.1) is 5.92 Å². The zero-order chi connectivity index (χ0) is 13.2. The molecule has 0 N–H and O–H groups in total. The number of aryl methyl sites for hydroxylation is 1. The van der Waals surface area contributed by atoms with Crippen molar-refractivity contribution in [3.8, 4) is 0 Å². The molecule has 0 aliphatic carbocycles. The fourth-order valence-corrected chi connectivity index (χ4v) is 3.50. The van der Waals surface area contributed by atoms with Crippen LogP contribution < -0.4 is 4.90 Å². The van der Waals surface area contributed by atoms with Crippen molar-refractivity contribution in [1.82, 2.24) is 9.97 Å². The molecular formula is C14H17N3OS. The largest absolute Gasteiger partial charge is 0.356 e. The van der Waals surface area contributed by atoms with Crippen LogP contribution in [0.3, 0.4) is 0 Å². The first-order chi connectivity index (χ1) is 9.31. The number of aromatic nitrogens is 2. The average molecular weight is 275 g/mol. The molecule has 1 aliphatic heterocycles. The summed E-state index contributed by atoms with van der Waals surface area (Å²) in [5.41, 5.74) is 0. The Balaban J connectivity index is 1.92. The highest BCUT2D eigenvalue weighted by atomic mass is 32.1. The highest BCUT2D eigenvalue weighted by molar-refractivity contribution is 7.18. The molecule has 0 amide bonds. The average Bonchev–Trinajstić information content (AvgIpc) is 2.90. The molecule has 0 atom stereocenters. The summed E-state index contributed by atoms with van der Waals surface area (Å²) in [6.07, 6.45) is 5.64. The first kappa shape index (κ1) is 12.5. The Bertz CT molecular complexity index is 587. The molecule has 4 nitrogen and oxygen atoms in total. The van der Waals surface area contributed by atoms with Crippen molar-refractivity contribution in [2.24, 2.45) is 5.92 Å². The lowest BCUT2D eigenvalue weighted by Crippen LogP contribution is -2.34. The van der Waals surface area contributed by atoms with E-state index in [-0.39, 0.29) is 5.92 Å². The van der Waals surface area contributed by atoms with Crippen LogP contribution in [0.1, 0.15) is 24.6 Å². The maximum atomic E-state index is 10.8. The predicted molar refractivity (Wildman–Crippen MR) is 77.8 cm³/mol. The zero-order valence-corrected chi connectivity index (χ0v) is 11.8. The highest BCUT2D eigenvalue weighted by Gasteiger charge is 2.21. The van der Waals surface area contributed by atoms with Crippen LogP contribution in [0.15, 0.2) is 12.4 Å². The van der Waals surface area contributed by atoms with Crippen molar-refractivity contribution < 1.29 is 4.79 Å². The number of fused-ring (bicyclic) bond motifs is 1. The van der Waals surface area contributed by atoms with Crippen molar-refractivity contribution in [3.05, 3.63) is 17.3 Å². The quantitative estimate of drug-likeness (QED) is 0.808. The first-order valence-corrected chi connectivity index (χ1v) is 7.57. The minimum absolute atomic E-state index is 0.224. The van der Waals surface area contributed by atoms with E-state index in [1.165, 1.54) is 4.88 Å². The molecule has 3 rings (SSSR count). The van der Waals surface area contributed by atoms with Crippen LogP contribution in [-0.4, -0.2) is 29.3 Å². The first-order valence-electron chi connectivity index (χ1n) is 6.75. The summed E-state index contributed by atoms with van der Waals surface area (Å²) in [4.78, 5) is 24.3. The van der Waals surface area contributed by atoms with E-state index in [1.54, 1.807) is 17.7 Å². The molecule has 3 heterocycles. The number of piperidine rings is 1. The lowest BCUT2D eigenvalue weighted by Gasteiger charge is -2.30. The second kappa shape index (κ2) is 5.25. The van der Waals surface area contributed by atoms with Gasteiger partial charge in [-0.15, -0.1) is 11.3 Å². The van der Waals surface area contributed by atoms with Crippen molar-refractivity contribution in [2.45, 2.75) is 26.2 Å². The number of thiophene rings is 1. The monoisotopic (exact) mass is 275 g/mol. The Morgan fingerprint density at radius 3 is 2.89 bits per heavy atom. The molecule has 2 aromatic rings. The molecule has 2 aromatic heterocycles. The third kappa shape index (κ3) is 2.34. The molecule has 5 heteroatoms. The molecule has 0 bridgehead atoms. The van der Waals surface area contributed by atoms with Gasteiger partial charge in [-0.2, -0.15) is 0 Å². The molecule has 0 unspecified atom stereocenters. The Hall–Kier alpha value is -1.49. The summed E-state index contributed by atoms with van der Waals surface area (Å²) in [7, 11) is 0. The number of hydrogen-bond donors (Lipinski definition) is 0.